The van der Waals surface area contributed by atoms with Crippen molar-refractivity contribution in [2.24, 2.45) is 0 Å². The van der Waals surface area contributed by atoms with Gasteiger partial charge in [0.15, 0.2) is 0 Å². The predicted molar refractivity (Wildman–Crippen MR) is 106 cm³/mol. The third-order valence-corrected chi connectivity index (χ3v) is 7.01. The normalized spacial score (nSPS) is 12.1. The molecule has 0 unspecified atom stereocenters. The number of hydrogen-bond acceptors (Lipinski definition) is 5. The van der Waals surface area contributed by atoms with Crippen molar-refractivity contribution >= 4 is 25.7 Å². The van der Waals surface area contributed by atoms with E-state index in [9.17, 15) is 16.8 Å². The molecule has 0 amide bonds. The first-order chi connectivity index (χ1) is 13.2. The fourth-order valence-corrected chi connectivity index (χ4v) is 4.96. The number of sulfonamides is 2. The minimum absolute atomic E-state index is 0.0218. The smallest absolute Gasteiger partial charge is 0.262 e. The maximum Gasteiger partial charge on any atom is 0.262 e. The molecule has 0 radical (unpaired) electrons. The Hall–Kier alpha value is -2.62. The summed E-state index contributed by atoms with van der Waals surface area (Å²) >= 11 is 0. The van der Waals surface area contributed by atoms with Crippen LogP contribution in [0.3, 0.4) is 0 Å². The molecule has 0 fully saturated rings. The van der Waals surface area contributed by atoms with Gasteiger partial charge in [0.1, 0.15) is 5.76 Å². The van der Waals surface area contributed by atoms with Crippen LogP contribution in [0, 0.1) is 13.8 Å². The van der Waals surface area contributed by atoms with Gasteiger partial charge in [-0.25, -0.2) is 21.6 Å². The summed E-state index contributed by atoms with van der Waals surface area (Å²) in [6.07, 6.45) is 1.46. The molecule has 0 aliphatic carbocycles. The lowest BCUT2D eigenvalue weighted by atomic mass is 10.2. The second kappa shape index (κ2) is 7.78. The van der Waals surface area contributed by atoms with E-state index >= 15 is 0 Å². The van der Waals surface area contributed by atoms with E-state index in [1.54, 1.807) is 37.3 Å². The summed E-state index contributed by atoms with van der Waals surface area (Å²) in [7, 11) is -7.52. The van der Waals surface area contributed by atoms with Gasteiger partial charge >= 0.3 is 0 Å². The first kappa shape index (κ1) is 20.1. The van der Waals surface area contributed by atoms with Crippen molar-refractivity contribution in [2.75, 3.05) is 4.72 Å². The van der Waals surface area contributed by atoms with Crippen LogP contribution < -0.4 is 9.44 Å². The van der Waals surface area contributed by atoms with Crippen LogP contribution in [-0.2, 0) is 26.6 Å². The van der Waals surface area contributed by atoms with Crippen molar-refractivity contribution < 1.29 is 21.3 Å². The van der Waals surface area contributed by atoms with E-state index in [4.69, 9.17) is 4.42 Å². The van der Waals surface area contributed by atoms with Gasteiger partial charge in [0, 0.05) is 5.69 Å². The van der Waals surface area contributed by atoms with Crippen LogP contribution in [0.2, 0.25) is 0 Å². The average Bonchev–Trinajstić information content (AvgIpc) is 3.13. The van der Waals surface area contributed by atoms with Crippen molar-refractivity contribution in [3.63, 3.8) is 0 Å². The molecule has 0 aliphatic heterocycles. The highest BCUT2D eigenvalue weighted by molar-refractivity contribution is 7.92. The Balaban J connectivity index is 1.75. The molecule has 148 valence electrons. The van der Waals surface area contributed by atoms with Gasteiger partial charge in [-0.2, -0.15) is 0 Å². The summed E-state index contributed by atoms with van der Waals surface area (Å²) in [6, 6.07) is 13.9. The predicted octanol–water partition coefficient (Wildman–Crippen LogP) is 3.18. The first-order valence-electron chi connectivity index (χ1n) is 8.39. The third-order valence-electron chi connectivity index (χ3n) is 4.05. The Morgan fingerprint density at radius 2 is 1.61 bits per heavy atom. The molecule has 3 aromatic rings. The Morgan fingerprint density at radius 1 is 0.893 bits per heavy atom. The van der Waals surface area contributed by atoms with Gasteiger partial charge in [0.25, 0.3) is 10.0 Å². The summed E-state index contributed by atoms with van der Waals surface area (Å²) in [5, 5.41) is 0. The zero-order valence-corrected chi connectivity index (χ0v) is 17.0. The largest absolute Gasteiger partial charge is 0.468 e. The number of rotatable bonds is 7. The SMILES string of the molecule is Cc1ccc(S(=O)(=O)Nc2ccc(S(=O)(=O)NCc3ccco3)cc2)c(C)c1. The quantitative estimate of drug-likeness (QED) is 0.611. The van der Waals surface area contributed by atoms with Crippen LogP contribution in [0.25, 0.3) is 0 Å². The lowest BCUT2D eigenvalue weighted by Crippen LogP contribution is -2.23. The van der Waals surface area contributed by atoms with Crippen LogP contribution in [0.15, 0.2) is 75.1 Å². The van der Waals surface area contributed by atoms with Crippen molar-refractivity contribution in [2.45, 2.75) is 30.2 Å². The van der Waals surface area contributed by atoms with Crippen molar-refractivity contribution in [3.05, 3.63) is 77.7 Å². The number of anilines is 1. The molecular formula is C19H20N2O5S2. The molecule has 2 aromatic carbocycles. The minimum atomic E-state index is -3.78. The van der Waals surface area contributed by atoms with E-state index in [0.29, 0.717) is 11.3 Å². The summed E-state index contributed by atoms with van der Waals surface area (Å²) < 4.78 is 59.8. The van der Waals surface area contributed by atoms with Gasteiger partial charge in [0.05, 0.1) is 22.6 Å². The average molecular weight is 421 g/mol. The lowest BCUT2D eigenvalue weighted by molar-refractivity contribution is 0.498. The molecule has 7 nitrogen and oxygen atoms in total. The van der Waals surface area contributed by atoms with E-state index in [0.717, 1.165) is 5.56 Å². The third kappa shape index (κ3) is 4.61. The number of aryl methyl sites for hydroxylation is 2. The van der Waals surface area contributed by atoms with Gasteiger partial charge in [0.2, 0.25) is 10.0 Å². The molecule has 9 heteroatoms. The standard InChI is InChI=1S/C19H20N2O5S2/c1-14-5-10-19(15(2)12-14)28(24,25)21-16-6-8-18(9-7-16)27(22,23)20-13-17-4-3-11-26-17/h3-12,20-21H,13H2,1-2H3. The van der Waals surface area contributed by atoms with Crippen molar-refractivity contribution in [1.29, 1.82) is 0 Å². The van der Waals surface area contributed by atoms with E-state index in [-0.39, 0.29) is 22.0 Å². The fraction of sp³-hybridized carbons (Fsp3) is 0.158. The van der Waals surface area contributed by atoms with Crippen molar-refractivity contribution in [3.8, 4) is 0 Å². The summed E-state index contributed by atoms with van der Waals surface area (Å²) in [5.74, 6) is 0.487. The molecule has 1 heterocycles. The number of furan rings is 1. The Bertz CT molecular complexity index is 1170. The van der Waals surface area contributed by atoms with Crippen LogP contribution in [0.5, 0.6) is 0 Å². The molecular weight excluding hydrogens is 400 g/mol. The van der Waals surface area contributed by atoms with E-state index in [1.165, 1.54) is 30.5 Å². The molecule has 0 aliphatic rings. The fourth-order valence-electron chi connectivity index (χ4n) is 2.68. The van der Waals surface area contributed by atoms with E-state index in [1.807, 2.05) is 6.92 Å². The zero-order chi connectivity index (χ0) is 20.4. The monoisotopic (exact) mass is 420 g/mol. The maximum absolute atomic E-state index is 12.6. The Labute approximate surface area is 164 Å². The van der Waals surface area contributed by atoms with Crippen LogP contribution in [0.1, 0.15) is 16.9 Å². The molecule has 0 saturated carbocycles. The lowest BCUT2D eigenvalue weighted by Gasteiger charge is -2.12. The van der Waals surface area contributed by atoms with Gasteiger partial charge in [-0.1, -0.05) is 17.7 Å². The Morgan fingerprint density at radius 3 is 2.21 bits per heavy atom. The van der Waals surface area contributed by atoms with Gasteiger partial charge in [-0.3, -0.25) is 4.72 Å². The molecule has 28 heavy (non-hydrogen) atoms. The van der Waals surface area contributed by atoms with Crippen LogP contribution in [-0.4, -0.2) is 16.8 Å². The molecule has 1 aromatic heterocycles. The van der Waals surface area contributed by atoms with E-state index in [2.05, 4.69) is 9.44 Å². The number of nitrogens with one attached hydrogen (secondary N) is 2. The van der Waals surface area contributed by atoms with Gasteiger partial charge < -0.3 is 4.42 Å². The molecule has 2 N–H and O–H groups in total. The Kier molecular flexibility index (Phi) is 5.59. The molecule has 3 rings (SSSR count). The topological polar surface area (TPSA) is 105 Å². The van der Waals surface area contributed by atoms with Crippen molar-refractivity contribution in [1.82, 2.24) is 4.72 Å². The first-order valence-corrected chi connectivity index (χ1v) is 11.4. The highest BCUT2D eigenvalue weighted by Crippen LogP contribution is 2.21. The maximum atomic E-state index is 12.6. The molecule has 0 atom stereocenters. The number of hydrogen-bond donors (Lipinski definition) is 2. The second-order valence-corrected chi connectivity index (χ2v) is 9.72. The minimum Gasteiger partial charge on any atom is -0.468 e. The molecule has 0 bridgehead atoms. The highest BCUT2D eigenvalue weighted by Gasteiger charge is 2.18. The van der Waals surface area contributed by atoms with Crippen LogP contribution in [0.4, 0.5) is 5.69 Å². The second-order valence-electron chi connectivity index (χ2n) is 6.30. The van der Waals surface area contributed by atoms with Crippen LogP contribution >= 0.6 is 0 Å². The van der Waals surface area contributed by atoms with E-state index < -0.39 is 20.0 Å². The number of benzene rings is 2. The molecule has 0 saturated heterocycles. The summed E-state index contributed by atoms with van der Waals surface area (Å²) in [6.45, 7) is 3.63. The highest BCUT2D eigenvalue weighted by atomic mass is 32.2. The summed E-state index contributed by atoms with van der Waals surface area (Å²) in [4.78, 5) is 0.198. The van der Waals surface area contributed by atoms with Gasteiger partial charge in [-0.05, 0) is 61.9 Å². The molecule has 0 spiro atoms. The summed E-state index contributed by atoms with van der Waals surface area (Å²) in [5.41, 5.74) is 1.87. The van der Waals surface area contributed by atoms with Gasteiger partial charge in [-0.15, -0.1) is 0 Å². The zero-order valence-electron chi connectivity index (χ0n) is 15.3.